The average Bonchev–Trinajstić information content (AvgIpc) is 3.37. The molecule has 0 atom stereocenters. The van der Waals surface area contributed by atoms with Gasteiger partial charge >= 0.3 is 6.03 Å². The molecule has 2 N–H and O–H groups in total. The van der Waals surface area contributed by atoms with E-state index in [-0.39, 0.29) is 18.0 Å². The molecule has 9 heteroatoms. The average molecular weight is 440 g/mol. The van der Waals surface area contributed by atoms with Crippen LogP contribution in [0.15, 0.2) is 30.6 Å². The highest BCUT2D eigenvalue weighted by Gasteiger charge is 2.42. The van der Waals surface area contributed by atoms with Gasteiger partial charge in [0.25, 0.3) is 11.7 Å². The Kier molecular flexibility index (Phi) is 5.40. The molecular formula is C23H29N5O4. The van der Waals surface area contributed by atoms with Gasteiger partial charge < -0.3 is 25.0 Å². The number of hydrogen-bond donors (Lipinski definition) is 2. The van der Waals surface area contributed by atoms with E-state index in [0.29, 0.717) is 42.9 Å². The number of ether oxygens (including phenoxy) is 2. The molecule has 170 valence electrons. The molecular weight excluding hydrogens is 410 g/mol. The predicted octanol–water partition coefficient (Wildman–Crippen LogP) is 3.28. The predicted molar refractivity (Wildman–Crippen MR) is 118 cm³/mol. The molecule has 1 aromatic carbocycles. The van der Waals surface area contributed by atoms with Gasteiger partial charge in [0.05, 0.1) is 11.8 Å². The van der Waals surface area contributed by atoms with Gasteiger partial charge in [0.2, 0.25) is 0 Å². The van der Waals surface area contributed by atoms with Crippen molar-refractivity contribution in [1.29, 1.82) is 0 Å². The monoisotopic (exact) mass is 439 g/mol. The highest BCUT2D eigenvalue weighted by Crippen LogP contribution is 2.46. The lowest BCUT2D eigenvalue weighted by atomic mass is 9.94. The summed E-state index contributed by atoms with van der Waals surface area (Å²) in [7, 11) is 1.78. The number of carbonyl (C=O) groups excluding carboxylic acids is 2. The van der Waals surface area contributed by atoms with Gasteiger partial charge in [0, 0.05) is 57.0 Å². The van der Waals surface area contributed by atoms with E-state index in [0.717, 1.165) is 31.4 Å². The van der Waals surface area contributed by atoms with Crippen LogP contribution in [0.3, 0.4) is 0 Å². The Morgan fingerprint density at radius 1 is 1.09 bits per heavy atom. The third kappa shape index (κ3) is 4.24. The van der Waals surface area contributed by atoms with Crippen LogP contribution in [-0.4, -0.2) is 51.5 Å². The zero-order valence-electron chi connectivity index (χ0n) is 18.3. The molecule has 32 heavy (non-hydrogen) atoms. The van der Waals surface area contributed by atoms with E-state index in [1.54, 1.807) is 29.0 Å². The fourth-order valence-electron chi connectivity index (χ4n) is 4.70. The van der Waals surface area contributed by atoms with E-state index in [1.165, 1.54) is 6.42 Å². The summed E-state index contributed by atoms with van der Waals surface area (Å²) in [6.45, 7) is 1.16. The summed E-state index contributed by atoms with van der Waals surface area (Å²) in [5.41, 5.74) is 1.24. The van der Waals surface area contributed by atoms with Crippen molar-refractivity contribution in [3.05, 3.63) is 36.2 Å². The van der Waals surface area contributed by atoms with Crippen LogP contribution in [0, 0.1) is 0 Å². The third-order valence-corrected chi connectivity index (χ3v) is 6.49. The normalized spacial score (nSPS) is 19.7. The minimum atomic E-state index is -0.522. The van der Waals surface area contributed by atoms with Gasteiger partial charge in [0.1, 0.15) is 0 Å². The minimum Gasteiger partial charge on any atom is -0.448 e. The second-order valence-corrected chi connectivity index (χ2v) is 8.90. The van der Waals surface area contributed by atoms with Crippen molar-refractivity contribution in [1.82, 2.24) is 20.0 Å². The zero-order chi connectivity index (χ0) is 22.1. The second-order valence-electron chi connectivity index (χ2n) is 8.90. The maximum Gasteiger partial charge on any atom is 0.321 e. The molecule has 3 amide bonds. The van der Waals surface area contributed by atoms with Gasteiger partial charge in [-0.05, 0) is 37.8 Å². The number of likely N-dealkylation sites (tertiary alicyclic amines) is 1. The molecule has 1 aromatic heterocycles. The quantitative estimate of drug-likeness (QED) is 0.765. The lowest BCUT2D eigenvalue weighted by Gasteiger charge is -2.32. The Bertz CT molecular complexity index is 1010. The maximum absolute atomic E-state index is 12.8. The molecule has 0 bridgehead atoms. The van der Waals surface area contributed by atoms with Crippen molar-refractivity contribution in [3.63, 3.8) is 0 Å². The number of hydrogen-bond acceptors (Lipinski definition) is 5. The van der Waals surface area contributed by atoms with Crippen LogP contribution < -0.4 is 20.1 Å². The number of benzene rings is 1. The Hall–Kier alpha value is -3.23. The van der Waals surface area contributed by atoms with Gasteiger partial charge in [-0.3, -0.25) is 9.48 Å². The van der Waals surface area contributed by atoms with Crippen molar-refractivity contribution in [2.75, 3.05) is 18.4 Å². The van der Waals surface area contributed by atoms with Gasteiger partial charge in [-0.2, -0.15) is 5.10 Å². The number of nitrogens with one attached hydrogen (secondary N) is 2. The van der Waals surface area contributed by atoms with Gasteiger partial charge in [-0.15, -0.1) is 0 Å². The third-order valence-electron chi connectivity index (χ3n) is 6.49. The van der Waals surface area contributed by atoms with E-state index >= 15 is 0 Å². The summed E-state index contributed by atoms with van der Waals surface area (Å²) in [5, 5.41) is 10.0. The van der Waals surface area contributed by atoms with Gasteiger partial charge in [-0.1, -0.05) is 6.42 Å². The molecule has 0 radical (unpaired) electrons. The fourth-order valence-corrected chi connectivity index (χ4v) is 4.70. The highest BCUT2D eigenvalue weighted by atomic mass is 16.7. The maximum atomic E-state index is 12.8. The van der Waals surface area contributed by atoms with Crippen LogP contribution in [-0.2, 0) is 7.05 Å². The van der Waals surface area contributed by atoms with E-state index < -0.39 is 5.79 Å². The number of aromatic nitrogens is 2. The number of aryl methyl sites for hydroxylation is 1. The number of piperidine rings is 1. The van der Waals surface area contributed by atoms with Gasteiger partial charge in [-0.25, -0.2) is 4.79 Å². The van der Waals surface area contributed by atoms with E-state index in [2.05, 4.69) is 15.7 Å². The largest absolute Gasteiger partial charge is 0.448 e. The first-order valence-electron chi connectivity index (χ1n) is 11.4. The SMILES string of the molecule is Cn1cc(C(=O)NC2CCN(C(=O)Nc3ccc4c(c3)OC3(CCCCC3)O4)CC2)cn1. The molecule has 3 heterocycles. The number of anilines is 1. The summed E-state index contributed by atoms with van der Waals surface area (Å²) in [4.78, 5) is 26.8. The molecule has 3 aliphatic rings. The van der Waals surface area contributed by atoms with E-state index in [1.807, 2.05) is 18.2 Å². The van der Waals surface area contributed by atoms with Crippen molar-refractivity contribution in [2.45, 2.75) is 56.8 Å². The summed E-state index contributed by atoms with van der Waals surface area (Å²) >= 11 is 0. The Morgan fingerprint density at radius 2 is 1.84 bits per heavy atom. The van der Waals surface area contributed by atoms with Crippen LogP contribution >= 0.6 is 0 Å². The van der Waals surface area contributed by atoms with Gasteiger partial charge in [0.15, 0.2) is 11.5 Å². The lowest BCUT2D eigenvalue weighted by Crippen LogP contribution is -2.47. The summed E-state index contributed by atoms with van der Waals surface area (Å²) in [6.07, 6.45) is 9.90. The summed E-state index contributed by atoms with van der Waals surface area (Å²) in [6, 6.07) is 5.46. The van der Waals surface area contributed by atoms with Crippen LogP contribution in [0.25, 0.3) is 0 Å². The number of rotatable bonds is 3. The first-order chi connectivity index (χ1) is 15.5. The Morgan fingerprint density at radius 3 is 2.56 bits per heavy atom. The zero-order valence-corrected chi connectivity index (χ0v) is 18.3. The number of fused-ring (bicyclic) bond motifs is 1. The summed E-state index contributed by atoms with van der Waals surface area (Å²) < 4.78 is 13.9. The lowest BCUT2D eigenvalue weighted by molar-refractivity contribution is -0.105. The smallest absolute Gasteiger partial charge is 0.321 e. The van der Waals surface area contributed by atoms with Crippen molar-refractivity contribution >= 4 is 17.6 Å². The molecule has 1 saturated carbocycles. The number of nitrogens with zero attached hydrogens (tertiary/aromatic N) is 3. The molecule has 5 rings (SSSR count). The minimum absolute atomic E-state index is 0.0454. The molecule has 1 aliphatic carbocycles. The first kappa shape index (κ1) is 20.7. The van der Waals surface area contributed by atoms with Crippen LogP contribution in [0.1, 0.15) is 55.3 Å². The molecule has 9 nitrogen and oxygen atoms in total. The van der Waals surface area contributed by atoms with Crippen molar-refractivity contribution in [3.8, 4) is 11.5 Å². The highest BCUT2D eigenvalue weighted by molar-refractivity contribution is 5.94. The van der Waals surface area contributed by atoms with E-state index in [9.17, 15) is 9.59 Å². The van der Waals surface area contributed by atoms with Crippen LogP contribution in [0.5, 0.6) is 11.5 Å². The van der Waals surface area contributed by atoms with Crippen LogP contribution in [0.4, 0.5) is 10.5 Å². The second kappa shape index (κ2) is 8.37. The Balaban J connectivity index is 1.13. The van der Waals surface area contributed by atoms with Crippen molar-refractivity contribution in [2.24, 2.45) is 7.05 Å². The van der Waals surface area contributed by atoms with Crippen molar-refractivity contribution < 1.29 is 19.1 Å². The number of amides is 3. The molecule has 2 fully saturated rings. The fraction of sp³-hybridized carbons (Fsp3) is 0.522. The van der Waals surface area contributed by atoms with Crippen LogP contribution in [0.2, 0.25) is 0 Å². The molecule has 2 aromatic rings. The first-order valence-corrected chi connectivity index (χ1v) is 11.4. The topological polar surface area (TPSA) is 97.7 Å². The molecule has 0 unspecified atom stereocenters. The summed E-state index contributed by atoms with van der Waals surface area (Å²) in [5.74, 6) is 0.791. The standard InChI is InChI=1S/C23H29N5O4/c1-27-15-16(14-24-27)21(29)25-17-7-11-28(12-8-17)22(30)26-18-5-6-19-20(13-18)32-23(31-19)9-3-2-4-10-23/h5-6,13-15,17H,2-4,7-12H2,1H3,(H,25,29)(H,26,30). The molecule has 2 aliphatic heterocycles. The molecule has 1 saturated heterocycles. The van der Waals surface area contributed by atoms with E-state index in [4.69, 9.17) is 9.47 Å². The number of carbonyl (C=O) groups is 2. The molecule has 1 spiro atoms. The Labute approximate surface area is 187 Å². The number of urea groups is 1.